The van der Waals surface area contributed by atoms with Gasteiger partial charge in [-0.25, -0.2) is 0 Å². The molecule has 0 aliphatic heterocycles. The van der Waals surface area contributed by atoms with Crippen LogP contribution in [-0.4, -0.2) is 11.7 Å². The number of rotatable bonds is 1. The largest absolute Gasteiger partial charge is 0.396 e. The Balaban J connectivity index is 2.99. The van der Waals surface area contributed by atoms with Crippen molar-refractivity contribution in [3.63, 3.8) is 0 Å². The summed E-state index contributed by atoms with van der Waals surface area (Å²) in [4.78, 5) is 0. The Morgan fingerprint density at radius 1 is 2.00 bits per heavy atom. The maximum atomic E-state index is 8.30. The van der Waals surface area contributed by atoms with Gasteiger partial charge in [-0.05, 0) is 5.92 Å². The lowest BCUT2D eigenvalue weighted by Crippen LogP contribution is -1.90. The van der Waals surface area contributed by atoms with Gasteiger partial charge in [0.25, 0.3) is 0 Å². The van der Waals surface area contributed by atoms with E-state index in [0.29, 0.717) is 0 Å². The van der Waals surface area contributed by atoms with Crippen LogP contribution in [0.4, 0.5) is 0 Å². The second-order valence-electron chi connectivity index (χ2n) is 1.39. The fourth-order valence-electron chi connectivity index (χ4n) is 0. The second kappa shape index (κ2) is 2.21. The maximum absolute atomic E-state index is 8.30. The molecule has 0 aliphatic rings. The van der Waals surface area contributed by atoms with Crippen molar-refractivity contribution in [3.05, 3.63) is 0 Å². The van der Waals surface area contributed by atoms with Crippen molar-refractivity contribution in [2.24, 2.45) is 5.92 Å². The van der Waals surface area contributed by atoms with Gasteiger partial charge in [-0.3, -0.25) is 0 Å². The zero-order valence-corrected chi connectivity index (χ0v) is 3.60. The zero-order valence-electron chi connectivity index (χ0n) is 4.60. The van der Waals surface area contributed by atoms with E-state index in [4.69, 9.17) is 6.48 Å². The molecular formula is C4H10O. The average Bonchev–Trinajstić information content (AvgIpc) is 1.36. The van der Waals surface area contributed by atoms with Crippen molar-refractivity contribution < 1.29 is 6.48 Å². The molecule has 0 bridgehead atoms. The molecule has 0 radical (unpaired) electrons. The van der Waals surface area contributed by atoms with Crippen LogP contribution in [0.15, 0.2) is 0 Å². The first-order valence-corrected chi connectivity index (χ1v) is 1.75. The van der Waals surface area contributed by atoms with Crippen molar-refractivity contribution in [2.45, 2.75) is 13.8 Å². The minimum absolute atomic E-state index is 0.0741. The van der Waals surface area contributed by atoms with E-state index >= 15 is 0 Å². The molecule has 1 nitrogen and oxygen atoms in total. The van der Waals surface area contributed by atoms with Crippen LogP contribution < -0.4 is 0 Å². The van der Waals surface area contributed by atoms with E-state index in [-0.39, 0.29) is 5.92 Å². The highest BCUT2D eigenvalue weighted by Crippen LogP contribution is 1.83. The van der Waals surface area contributed by atoms with Crippen molar-refractivity contribution in [1.82, 2.24) is 0 Å². The average molecular weight is 75.1 g/mol. The molecule has 0 aromatic rings. The van der Waals surface area contributed by atoms with Crippen molar-refractivity contribution in [1.29, 1.82) is 0 Å². The minimum atomic E-state index is -0.898. The number of aliphatic hydroxyl groups is 1. The standard InChI is InChI=1S/C4H10O/c1-4(2)3-5/h4-5H,3H2,1-2H3/i3D. The van der Waals surface area contributed by atoms with Crippen LogP contribution in [-0.2, 0) is 0 Å². The van der Waals surface area contributed by atoms with Gasteiger partial charge in [-0.2, -0.15) is 0 Å². The molecule has 0 heterocycles. The van der Waals surface area contributed by atoms with Crippen LogP contribution in [0.2, 0.25) is 0 Å². The number of aliphatic hydroxyl groups excluding tert-OH is 1. The first-order chi connectivity index (χ1) is 2.64. The summed E-state index contributed by atoms with van der Waals surface area (Å²) in [5, 5.41) is 8.30. The van der Waals surface area contributed by atoms with Gasteiger partial charge in [-0.15, -0.1) is 0 Å². The van der Waals surface area contributed by atoms with Crippen molar-refractivity contribution in [3.8, 4) is 0 Å². The maximum Gasteiger partial charge on any atom is 0.0566 e. The summed E-state index contributed by atoms with van der Waals surface area (Å²) < 4.78 is 6.59. The van der Waals surface area contributed by atoms with E-state index in [0.717, 1.165) is 0 Å². The highest BCUT2D eigenvalue weighted by molar-refractivity contribution is 4.32. The first kappa shape index (κ1) is 3.16. The zero-order chi connectivity index (χ0) is 5.15. The molecule has 0 saturated heterocycles. The summed E-state index contributed by atoms with van der Waals surface area (Å²) in [6.45, 7) is 2.71. The van der Waals surface area contributed by atoms with Crippen LogP contribution in [0.25, 0.3) is 0 Å². The van der Waals surface area contributed by atoms with E-state index in [1.807, 2.05) is 0 Å². The third-order valence-corrected chi connectivity index (χ3v) is 0.298. The first-order valence-electron chi connectivity index (χ1n) is 2.32. The fourth-order valence-corrected chi connectivity index (χ4v) is 0. The monoisotopic (exact) mass is 75.1 g/mol. The Morgan fingerprint density at radius 2 is 2.20 bits per heavy atom. The lowest BCUT2D eigenvalue weighted by Gasteiger charge is -1.90. The predicted molar refractivity (Wildman–Crippen MR) is 21.9 cm³/mol. The van der Waals surface area contributed by atoms with Gasteiger partial charge in [-0.1, -0.05) is 13.8 Å². The molecule has 5 heavy (non-hydrogen) atoms. The Labute approximate surface area is 34.0 Å². The molecular weight excluding hydrogens is 64.0 g/mol. The SMILES string of the molecule is [2H]C(O)C(C)C. The van der Waals surface area contributed by atoms with Crippen LogP contribution in [0, 0.1) is 5.92 Å². The molecule has 0 saturated carbocycles. The second-order valence-corrected chi connectivity index (χ2v) is 1.39. The smallest absolute Gasteiger partial charge is 0.0566 e. The highest BCUT2D eigenvalue weighted by Gasteiger charge is 1.81. The fraction of sp³-hybridized carbons (Fsp3) is 1.00. The van der Waals surface area contributed by atoms with Gasteiger partial charge in [0.1, 0.15) is 0 Å². The summed E-state index contributed by atoms with van der Waals surface area (Å²) >= 11 is 0. The Bertz CT molecular complexity index is 28.5. The number of hydrogen-bond donors (Lipinski definition) is 1. The van der Waals surface area contributed by atoms with E-state index < -0.39 is 6.58 Å². The topological polar surface area (TPSA) is 20.2 Å². The predicted octanol–water partition coefficient (Wildman–Crippen LogP) is 0.635. The molecule has 0 aromatic heterocycles. The molecule has 1 unspecified atom stereocenters. The van der Waals surface area contributed by atoms with Crippen LogP contribution in [0.3, 0.4) is 0 Å². The summed E-state index contributed by atoms with van der Waals surface area (Å²) in [7, 11) is 0. The van der Waals surface area contributed by atoms with Crippen LogP contribution in [0.5, 0.6) is 0 Å². The van der Waals surface area contributed by atoms with Crippen molar-refractivity contribution in [2.75, 3.05) is 6.58 Å². The molecule has 32 valence electrons. The molecule has 0 spiro atoms. The van der Waals surface area contributed by atoms with E-state index in [1.165, 1.54) is 0 Å². The third-order valence-electron chi connectivity index (χ3n) is 0.298. The summed E-state index contributed by atoms with van der Waals surface area (Å²) in [5.41, 5.74) is 0. The highest BCUT2D eigenvalue weighted by atomic mass is 16.3. The van der Waals surface area contributed by atoms with Crippen molar-refractivity contribution >= 4 is 0 Å². The molecule has 0 aromatic carbocycles. The molecule has 1 atom stereocenters. The van der Waals surface area contributed by atoms with Gasteiger partial charge < -0.3 is 5.11 Å². The van der Waals surface area contributed by atoms with Gasteiger partial charge in [0.15, 0.2) is 0 Å². The lowest BCUT2D eigenvalue weighted by atomic mass is 10.2. The van der Waals surface area contributed by atoms with Gasteiger partial charge in [0.2, 0.25) is 0 Å². The molecule has 0 fully saturated rings. The summed E-state index contributed by atoms with van der Waals surface area (Å²) in [6.07, 6.45) is 0. The molecule has 0 aliphatic carbocycles. The molecule has 1 N–H and O–H groups in total. The molecule has 0 amide bonds. The quantitative estimate of drug-likeness (QED) is 0.484. The molecule has 1 heteroatoms. The third kappa shape index (κ3) is 3.96. The minimum Gasteiger partial charge on any atom is -0.396 e. The van der Waals surface area contributed by atoms with Gasteiger partial charge in [0.05, 0.1) is 1.37 Å². The normalized spacial score (nSPS) is 18.8. The Hall–Kier alpha value is -0.0400. The van der Waals surface area contributed by atoms with E-state index in [1.54, 1.807) is 13.8 Å². The Kier molecular flexibility index (Phi) is 1.40. The molecule has 0 rings (SSSR count). The van der Waals surface area contributed by atoms with Gasteiger partial charge in [0, 0.05) is 6.58 Å². The van der Waals surface area contributed by atoms with Crippen LogP contribution in [0.1, 0.15) is 15.2 Å². The summed E-state index contributed by atoms with van der Waals surface area (Å²) in [5.74, 6) is 0.0741. The number of hydrogen-bond acceptors (Lipinski definition) is 1. The Morgan fingerprint density at radius 3 is 2.20 bits per heavy atom. The lowest BCUT2D eigenvalue weighted by molar-refractivity contribution is 0.248. The van der Waals surface area contributed by atoms with Crippen LogP contribution >= 0.6 is 0 Å². The van der Waals surface area contributed by atoms with Gasteiger partial charge >= 0.3 is 0 Å². The van der Waals surface area contributed by atoms with E-state index in [2.05, 4.69) is 0 Å². The van der Waals surface area contributed by atoms with E-state index in [9.17, 15) is 0 Å². The summed E-state index contributed by atoms with van der Waals surface area (Å²) in [6, 6.07) is 0.